The molecule has 0 aliphatic carbocycles. The number of aromatic nitrogens is 4. The highest BCUT2D eigenvalue weighted by Crippen LogP contribution is 2.58. The van der Waals surface area contributed by atoms with Crippen molar-refractivity contribution in [1.29, 1.82) is 0 Å². The van der Waals surface area contributed by atoms with Crippen molar-refractivity contribution in [2.45, 2.75) is 43.5 Å². The monoisotopic (exact) mass is 587 g/mol. The highest BCUT2D eigenvalue weighted by atomic mass is 35.5. The average Bonchev–Trinajstić information content (AvgIpc) is 3.46. The van der Waals surface area contributed by atoms with Gasteiger partial charge in [0.2, 0.25) is 5.95 Å². The second-order valence-corrected chi connectivity index (χ2v) is 11.5. The van der Waals surface area contributed by atoms with Gasteiger partial charge in [0.05, 0.1) is 19.3 Å². The molecule has 17 heteroatoms. The number of halogens is 2. The summed E-state index contributed by atoms with van der Waals surface area (Å²) in [6.45, 7) is 1.30. The number of nitrogens with two attached hydrogens (primary N) is 1. The van der Waals surface area contributed by atoms with Gasteiger partial charge in [-0.05, 0) is 30.7 Å². The molecule has 5 heterocycles. The van der Waals surface area contributed by atoms with E-state index in [2.05, 4.69) is 15.0 Å². The molecule has 6 rings (SSSR count). The molecule has 0 spiro atoms. The van der Waals surface area contributed by atoms with Gasteiger partial charge < -0.3 is 19.9 Å². The minimum Gasteiger partial charge on any atom is -0.424 e. The molecule has 0 unspecified atom stereocenters. The van der Waals surface area contributed by atoms with Crippen LogP contribution in [-0.4, -0.2) is 56.7 Å². The Kier molecular flexibility index (Phi) is 6.18. The number of carbonyl (C=O) groups excluding carboxylic acids is 1. The lowest BCUT2D eigenvalue weighted by Gasteiger charge is -2.30. The zero-order chi connectivity index (χ0) is 26.8. The lowest BCUT2D eigenvalue weighted by atomic mass is 9.96. The number of fused-ring (bicyclic) bond motifs is 2. The fourth-order valence-electron chi connectivity index (χ4n) is 4.84. The molecule has 3 aromatic rings. The van der Waals surface area contributed by atoms with E-state index in [0.717, 1.165) is 0 Å². The minimum absolute atomic E-state index is 0.0449. The van der Waals surface area contributed by atoms with Crippen molar-refractivity contribution in [3.8, 4) is 0 Å². The molecule has 0 amide bonds. The summed E-state index contributed by atoms with van der Waals surface area (Å²) >= 11 is 12.2. The summed E-state index contributed by atoms with van der Waals surface area (Å²) in [6.07, 6.45) is -2.93. The zero-order valence-electron chi connectivity index (χ0n) is 19.5. The van der Waals surface area contributed by atoms with E-state index in [4.69, 9.17) is 56.7 Å². The van der Waals surface area contributed by atoms with Crippen LogP contribution in [0.3, 0.4) is 0 Å². The Labute approximate surface area is 223 Å². The van der Waals surface area contributed by atoms with Crippen LogP contribution < -0.4 is 11.3 Å². The van der Waals surface area contributed by atoms with Gasteiger partial charge in [-0.1, -0.05) is 23.2 Å². The number of nitrogens with zero attached hydrogens (tertiary/aromatic N) is 3. The predicted molar refractivity (Wildman–Crippen MR) is 131 cm³/mol. The summed E-state index contributed by atoms with van der Waals surface area (Å²) in [5, 5.41) is 0.796. The third-order valence-electron chi connectivity index (χ3n) is 6.47. The largest absolute Gasteiger partial charge is 0.509 e. The molecule has 3 aliphatic rings. The van der Waals surface area contributed by atoms with E-state index in [9.17, 15) is 14.2 Å². The first-order chi connectivity index (χ1) is 18.0. The van der Waals surface area contributed by atoms with E-state index < -0.39 is 49.7 Å². The van der Waals surface area contributed by atoms with E-state index in [1.165, 1.54) is 10.9 Å². The topological polar surface area (TPSA) is 179 Å². The number of phosphoric ester groups is 1. The van der Waals surface area contributed by atoms with E-state index >= 15 is 0 Å². The maximum atomic E-state index is 13.3. The van der Waals surface area contributed by atoms with Crippen molar-refractivity contribution in [3.05, 3.63) is 50.5 Å². The smallest absolute Gasteiger partial charge is 0.424 e. The molecule has 38 heavy (non-hydrogen) atoms. The van der Waals surface area contributed by atoms with Gasteiger partial charge in [-0.2, -0.15) is 4.98 Å². The van der Waals surface area contributed by atoms with Crippen LogP contribution in [0.25, 0.3) is 11.2 Å². The summed E-state index contributed by atoms with van der Waals surface area (Å²) in [5.41, 5.74) is 4.37. The molecule has 202 valence electrons. The Morgan fingerprint density at radius 2 is 2.05 bits per heavy atom. The molecule has 3 N–H and O–H groups in total. The zero-order valence-corrected chi connectivity index (χ0v) is 21.9. The van der Waals surface area contributed by atoms with E-state index in [0.29, 0.717) is 22.0 Å². The van der Waals surface area contributed by atoms with Crippen LogP contribution in [0.15, 0.2) is 29.3 Å². The molecule has 2 aromatic heterocycles. The van der Waals surface area contributed by atoms with Crippen LogP contribution in [0.2, 0.25) is 10.0 Å². The predicted octanol–water partition coefficient (Wildman–Crippen LogP) is 3.50. The first-order valence-corrected chi connectivity index (χ1v) is 13.6. The Hall–Kier alpha value is -2.71. The Balaban J connectivity index is 1.24. The highest BCUT2D eigenvalue weighted by Gasteiger charge is 2.64. The maximum absolute atomic E-state index is 13.3. The van der Waals surface area contributed by atoms with Crippen molar-refractivity contribution in [1.82, 2.24) is 19.5 Å². The fourth-order valence-corrected chi connectivity index (χ4v) is 6.77. The number of benzene rings is 1. The van der Waals surface area contributed by atoms with Crippen molar-refractivity contribution in [3.63, 3.8) is 0 Å². The van der Waals surface area contributed by atoms with Gasteiger partial charge in [-0.25, -0.2) is 14.3 Å². The van der Waals surface area contributed by atoms with Gasteiger partial charge >= 0.3 is 14.0 Å². The summed E-state index contributed by atoms with van der Waals surface area (Å²) in [4.78, 5) is 35.2. The van der Waals surface area contributed by atoms with Crippen LogP contribution in [0, 0.1) is 0 Å². The first-order valence-electron chi connectivity index (χ1n) is 11.4. The average molecular weight is 588 g/mol. The second kappa shape index (κ2) is 9.19. The number of phosphoric acid groups is 1. The van der Waals surface area contributed by atoms with Gasteiger partial charge in [0.1, 0.15) is 12.4 Å². The van der Waals surface area contributed by atoms with Gasteiger partial charge in [-0.3, -0.25) is 27.9 Å². The number of nitrogen functional groups attached to an aromatic ring is 1. The third-order valence-corrected chi connectivity index (χ3v) is 8.39. The SMILES string of the molecule is C[C@@]12OC(=O)O[C@@H]1[C@@H](CO[P@]1(=O)OCC[C@H](c3cc(Cl)cc(Cl)c3)O1)O[C@H]2n1cnc2nc(N)[nH]c(=O)c21. The maximum Gasteiger partial charge on any atom is 0.509 e. The number of carbonyl (C=O) groups is 1. The standard InChI is InChI=1S/C21H20Cl2N5O9P/c1-21-15(35-20(30)36-21)13(34-18(21)28-8-25-16-14(28)17(29)27-19(24)26-16)7-33-38(31)32-3-2-12(37-38)9-4-10(22)6-11(23)5-9/h4-6,8,12-13,15,18H,2-3,7H2,1H3,(H3,24,26,27,29)/t12-,13-,15-,18-,21-,38+/m1/s1. The molecule has 3 saturated heterocycles. The van der Waals surface area contributed by atoms with Crippen LogP contribution in [-0.2, 0) is 32.3 Å². The van der Waals surface area contributed by atoms with Crippen LogP contribution in [0.5, 0.6) is 0 Å². The van der Waals surface area contributed by atoms with Crippen LogP contribution in [0.4, 0.5) is 10.7 Å². The van der Waals surface area contributed by atoms with Crippen molar-refractivity contribution in [2.24, 2.45) is 0 Å². The number of anilines is 1. The summed E-state index contributed by atoms with van der Waals surface area (Å²) in [5.74, 6) is -0.110. The molecule has 0 bridgehead atoms. The highest BCUT2D eigenvalue weighted by molar-refractivity contribution is 7.48. The second-order valence-electron chi connectivity index (χ2n) is 9.04. The van der Waals surface area contributed by atoms with Crippen molar-refractivity contribution < 1.29 is 37.1 Å². The number of aromatic amines is 1. The summed E-state index contributed by atoms with van der Waals surface area (Å²) in [7, 11) is -4.07. The minimum atomic E-state index is -4.07. The lowest BCUT2D eigenvalue weighted by molar-refractivity contribution is -0.0924. The number of hydrogen-bond donors (Lipinski definition) is 2. The molecule has 6 atom stereocenters. The molecule has 14 nitrogen and oxygen atoms in total. The first kappa shape index (κ1) is 25.6. The molecule has 0 radical (unpaired) electrons. The van der Waals surface area contributed by atoms with Crippen molar-refractivity contribution in [2.75, 3.05) is 18.9 Å². The molecule has 3 aliphatic heterocycles. The van der Waals surface area contributed by atoms with Crippen LogP contribution in [0.1, 0.15) is 31.2 Å². The molecular formula is C21H20Cl2N5O9P. The normalized spacial score (nSPS) is 32.8. The van der Waals surface area contributed by atoms with Gasteiger partial charge in [0, 0.05) is 16.5 Å². The van der Waals surface area contributed by atoms with Gasteiger partial charge in [-0.15, -0.1) is 0 Å². The van der Waals surface area contributed by atoms with E-state index in [-0.39, 0.29) is 30.3 Å². The van der Waals surface area contributed by atoms with Crippen molar-refractivity contribution >= 4 is 54.3 Å². The van der Waals surface area contributed by atoms with Crippen LogP contribution >= 0.6 is 31.0 Å². The third kappa shape index (κ3) is 4.35. The number of nitrogens with one attached hydrogen (secondary N) is 1. The van der Waals surface area contributed by atoms with Gasteiger partial charge in [0.25, 0.3) is 5.56 Å². The number of H-pyrrole nitrogens is 1. The molecule has 0 saturated carbocycles. The number of hydrogen-bond acceptors (Lipinski definition) is 12. The Morgan fingerprint density at radius 1 is 1.29 bits per heavy atom. The summed E-state index contributed by atoms with van der Waals surface area (Å²) in [6, 6.07) is 4.87. The quantitative estimate of drug-likeness (QED) is 0.328. The molecule has 3 fully saturated rings. The lowest BCUT2D eigenvalue weighted by Crippen LogP contribution is -2.42. The number of rotatable bonds is 5. The van der Waals surface area contributed by atoms with Gasteiger partial charge in [0.15, 0.2) is 29.1 Å². The van der Waals surface area contributed by atoms with E-state index in [1.807, 2.05) is 0 Å². The molecule has 1 aromatic carbocycles. The Bertz CT molecular complexity index is 1530. The summed E-state index contributed by atoms with van der Waals surface area (Å²) < 4.78 is 48.3. The molecular weight excluding hydrogens is 568 g/mol. The van der Waals surface area contributed by atoms with E-state index in [1.54, 1.807) is 25.1 Å². The Morgan fingerprint density at radius 3 is 2.82 bits per heavy atom. The fraction of sp³-hybridized carbons (Fsp3) is 0.429. The number of ether oxygens (including phenoxy) is 3. The number of imidazole rings is 1.